The lowest BCUT2D eigenvalue weighted by molar-refractivity contribution is -0.137. The molecule has 20 heavy (non-hydrogen) atoms. The highest BCUT2D eigenvalue weighted by atomic mass is 16.4. The SMILES string of the molecule is CC(C)CCC(=O)O.CN1CCCC1c1cccnc1. The van der Waals surface area contributed by atoms with E-state index in [1.54, 1.807) is 0 Å². The number of pyridine rings is 1. The molecule has 112 valence electrons. The van der Waals surface area contributed by atoms with Gasteiger partial charge in [0.05, 0.1) is 0 Å². The quantitative estimate of drug-likeness (QED) is 0.917. The predicted molar refractivity (Wildman–Crippen MR) is 80.5 cm³/mol. The number of carbonyl (C=O) groups is 1. The van der Waals surface area contributed by atoms with E-state index in [1.807, 2.05) is 32.3 Å². The maximum Gasteiger partial charge on any atom is 0.303 e. The molecule has 4 heteroatoms. The van der Waals surface area contributed by atoms with E-state index in [4.69, 9.17) is 5.11 Å². The van der Waals surface area contributed by atoms with E-state index in [0.29, 0.717) is 18.4 Å². The number of likely N-dealkylation sites (tertiary alicyclic amines) is 1. The van der Waals surface area contributed by atoms with Crippen molar-refractivity contribution in [3.63, 3.8) is 0 Å². The summed E-state index contributed by atoms with van der Waals surface area (Å²) in [6.45, 7) is 5.26. The second kappa shape index (κ2) is 8.69. The molecule has 0 amide bonds. The van der Waals surface area contributed by atoms with Crippen molar-refractivity contribution in [2.45, 2.75) is 45.6 Å². The maximum atomic E-state index is 9.90. The van der Waals surface area contributed by atoms with Gasteiger partial charge in [-0.3, -0.25) is 14.7 Å². The average molecular weight is 278 g/mol. The van der Waals surface area contributed by atoms with Crippen LogP contribution in [0.2, 0.25) is 0 Å². The summed E-state index contributed by atoms with van der Waals surface area (Å²) < 4.78 is 0. The number of carboxylic acids is 1. The molecule has 2 heterocycles. The lowest BCUT2D eigenvalue weighted by Crippen LogP contribution is -2.17. The summed E-state index contributed by atoms with van der Waals surface area (Å²) in [6, 6.07) is 4.79. The smallest absolute Gasteiger partial charge is 0.303 e. The Hall–Kier alpha value is -1.42. The Morgan fingerprint density at radius 3 is 2.70 bits per heavy atom. The molecule has 1 aliphatic heterocycles. The van der Waals surface area contributed by atoms with E-state index >= 15 is 0 Å². The zero-order chi connectivity index (χ0) is 15.0. The van der Waals surface area contributed by atoms with Gasteiger partial charge in [-0.2, -0.15) is 0 Å². The van der Waals surface area contributed by atoms with Gasteiger partial charge < -0.3 is 5.11 Å². The molecule has 1 aromatic rings. The average Bonchev–Trinajstić information content (AvgIpc) is 2.84. The minimum absolute atomic E-state index is 0.303. The van der Waals surface area contributed by atoms with Crippen molar-refractivity contribution in [3.8, 4) is 0 Å². The first-order valence-corrected chi connectivity index (χ1v) is 7.32. The van der Waals surface area contributed by atoms with Crippen molar-refractivity contribution in [1.29, 1.82) is 0 Å². The van der Waals surface area contributed by atoms with Gasteiger partial charge in [0.25, 0.3) is 0 Å². The molecule has 1 fully saturated rings. The third-order valence-corrected chi connectivity index (χ3v) is 3.53. The van der Waals surface area contributed by atoms with E-state index in [2.05, 4.69) is 23.0 Å². The van der Waals surface area contributed by atoms with Crippen molar-refractivity contribution in [2.24, 2.45) is 5.92 Å². The highest BCUT2D eigenvalue weighted by Crippen LogP contribution is 2.29. The first-order chi connectivity index (χ1) is 9.50. The molecule has 4 nitrogen and oxygen atoms in total. The molecular formula is C16H26N2O2. The number of rotatable bonds is 4. The summed E-state index contributed by atoms with van der Waals surface area (Å²) in [6.07, 6.45) is 7.50. The monoisotopic (exact) mass is 278 g/mol. The van der Waals surface area contributed by atoms with E-state index in [-0.39, 0.29) is 0 Å². The van der Waals surface area contributed by atoms with Crippen LogP contribution in [0.15, 0.2) is 24.5 Å². The van der Waals surface area contributed by atoms with Crippen molar-refractivity contribution in [3.05, 3.63) is 30.1 Å². The molecule has 1 atom stereocenters. The summed E-state index contributed by atoms with van der Waals surface area (Å²) in [5, 5.41) is 8.16. The van der Waals surface area contributed by atoms with Crippen molar-refractivity contribution in [2.75, 3.05) is 13.6 Å². The van der Waals surface area contributed by atoms with Crippen molar-refractivity contribution in [1.82, 2.24) is 9.88 Å². The Bertz CT molecular complexity index is 393. The number of hydrogen-bond acceptors (Lipinski definition) is 3. The molecule has 0 aromatic carbocycles. The second-order valence-corrected chi connectivity index (χ2v) is 5.75. The van der Waals surface area contributed by atoms with Crippen LogP contribution in [-0.2, 0) is 4.79 Å². The fourth-order valence-electron chi connectivity index (χ4n) is 2.32. The maximum absolute atomic E-state index is 9.90. The lowest BCUT2D eigenvalue weighted by atomic mass is 10.1. The van der Waals surface area contributed by atoms with Crippen LogP contribution < -0.4 is 0 Å². The highest BCUT2D eigenvalue weighted by Gasteiger charge is 2.21. The molecule has 1 saturated heterocycles. The number of nitrogens with zero attached hydrogens (tertiary/aromatic N) is 2. The molecule has 1 N–H and O–H groups in total. The molecule has 1 aliphatic rings. The van der Waals surface area contributed by atoms with Gasteiger partial charge in [0.2, 0.25) is 0 Å². The van der Waals surface area contributed by atoms with Gasteiger partial charge >= 0.3 is 5.97 Å². The Morgan fingerprint density at radius 2 is 2.30 bits per heavy atom. The van der Waals surface area contributed by atoms with Gasteiger partial charge in [-0.1, -0.05) is 19.9 Å². The molecule has 0 spiro atoms. The van der Waals surface area contributed by atoms with Gasteiger partial charge in [0.15, 0.2) is 0 Å². The van der Waals surface area contributed by atoms with Crippen LogP contribution in [0.3, 0.4) is 0 Å². The fourth-order valence-corrected chi connectivity index (χ4v) is 2.32. The number of aromatic nitrogens is 1. The van der Waals surface area contributed by atoms with Crippen LogP contribution in [0.5, 0.6) is 0 Å². The van der Waals surface area contributed by atoms with Gasteiger partial charge in [0, 0.05) is 24.9 Å². The van der Waals surface area contributed by atoms with Crippen LogP contribution in [0, 0.1) is 5.92 Å². The topological polar surface area (TPSA) is 53.4 Å². The summed E-state index contributed by atoms with van der Waals surface area (Å²) in [5.74, 6) is -0.190. The Labute approximate surface area is 121 Å². The first kappa shape index (κ1) is 16.6. The van der Waals surface area contributed by atoms with Crippen LogP contribution in [0.1, 0.15) is 51.1 Å². The van der Waals surface area contributed by atoms with Crippen LogP contribution in [-0.4, -0.2) is 34.6 Å². The fraction of sp³-hybridized carbons (Fsp3) is 0.625. The van der Waals surface area contributed by atoms with Crippen molar-refractivity contribution >= 4 is 5.97 Å². The van der Waals surface area contributed by atoms with E-state index in [9.17, 15) is 4.79 Å². The molecule has 0 aliphatic carbocycles. The third-order valence-electron chi connectivity index (χ3n) is 3.53. The summed E-state index contributed by atoms with van der Waals surface area (Å²) in [4.78, 5) is 16.4. The molecule has 1 unspecified atom stereocenters. The molecular weight excluding hydrogens is 252 g/mol. The van der Waals surface area contributed by atoms with E-state index < -0.39 is 5.97 Å². The lowest BCUT2D eigenvalue weighted by Gasteiger charge is -2.18. The normalized spacial score (nSPS) is 18.7. The predicted octanol–water partition coefficient (Wildman–Crippen LogP) is 3.36. The minimum Gasteiger partial charge on any atom is -0.481 e. The van der Waals surface area contributed by atoms with Gasteiger partial charge in [-0.25, -0.2) is 0 Å². The Morgan fingerprint density at radius 1 is 1.55 bits per heavy atom. The third kappa shape index (κ3) is 6.15. The van der Waals surface area contributed by atoms with Gasteiger partial charge in [-0.15, -0.1) is 0 Å². The summed E-state index contributed by atoms with van der Waals surface area (Å²) >= 11 is 0. The van der Waals surface area contributed by atoms with Crippen LogP contribution in [0.4, 0.5) is 0 Å². The molecule has 0 bridgehead atoms. The standard InChI is InChI=1S/C10H14N2.C6H12O2/c1-12-7-3-5-10(12)9-4-2-6-11-8-9;1-5(2)3-4-6(7)8/h2,4,6,8,10H,3,5,7H2,1H3;5H,3-4H2,1-2H3,(H,7,8). The van der Waals surface area contributed by atoms with Crippen LogP contribution in [0.25, 0.3) is 0 Å². The summed E-state index contributed by atoms with van der Waals surface area (Å²) in [7, 11) is 2.19. The Balaban J connectivity index is 0.000000221. The largest absolute Gasteiger partial charge is 0.481 e. The zero-order valence-corrected chi connectivity index (χ0v) is 12.7. The summed E-state index contributed by atoms with van der Waals surface area (Å²) in [5.41, 5.74) is 1.36. The molecule has 0 radical (unpaired) electrons. The van der Waals surface area contributed by atoms with E-state index in [0.717, 1.165) is 6.42 Å². The first-order valence-electron chi connectivity index (χ1n) is 7.32. The molecule has 0 saturated carbocycles. The number of aliphatic carboxylic acids is 1. The Kier molecular flexibility index (Phi) is 7.23. The van der Waals surface area contributed by atoms with Gasteiger partial charge in [0.1, 0.15) is 0 Å². The number of hydrogen-bond donors (Lipinski definition) is 1. The van der Waals surface area contributed by atoms with E-state index in [1.165, 1.54) is 24.9 Å². The van der Waals surface area contributed by atoms with Crippen molar-refractivity contribution < 1.29 is 9.90 Å². The van der Waals surface area contributed by atoms with Crippen LogP contribution >= 0.6 is 0 Å². The number of carboxylic acid groups (broad SMARTS) is 1. The zero-order valence-electron chi connectivity index (χ0n) is 12.7. The molecule has 2 rings (SSSR count). The minimum atomic E-state index is -0.696. The second-order valence-electron chi connectivity index (χ2n) is 5.75. The van der Waals surface area contributed by atoms with Gasteiger partial charge in [-0.05, 0) is 50.4 Å². The molecule has 1 aromatic heterocycles. The highest BCUT2D eigenvalue weighted by molar-refractivity contribution is 5.66.